The van der Waals surface area contributed by atoms with Gasteiger partial charge in [0.2, 0.25) is 5.88 Å². The summed E-state index contributed by atoms with van der Waals surface area (Å²) in [6.07, 6.45) is 1.92. The first-order valence-electron chi connectivity index (χ1n) is 7.91. The zero-order chi connectivity index (χ0) is 19.3. The minimum absolute atomic E-state index is 0.196. The third kappa shape index (κ3) is 5.01. The van der Waals surface area contributed by atoms with Crippen molar-refractivity contribution in [2.45, 2.75) is 31.1 Å². The highest BCUT2D eigenvalue weighted by Crippen LogP contribution is 2.26. The number of nitrogens with zero attached hydrogens (tertiary/aromatic N) is 1. The molecule has 0 saturated heterocycles. The number of hydrogen-bond acceptors (Lipinski definition) is 7. The zero-order valence-electron chi connectivity index (χ0n) is 15.4. The molecule has 1 aromatic heterocycles. The van der Waals surface area contributed by atoms with E-state index >= 15 is 0 Å². The predicted molar refractivity (Wildman–Crippen MR) is 98.9 cm³/mol. The number of hydrogen-bond donors (Lipinski definition) is 1. The van der Waals surface area contributed by atoms with Crippen LogP contribution in [0.2, 0.25) is 0 Å². The Balaban J connectivity index is 1.95. The monoisotopic (exact) mass is 378 g/mol. The number of nitrogens with one attached hydrogen (secondary N) is 1. The third-order valence-electron chi connectivity index (χ3n) is 3.50. The minimum Gasteiger partial charge on any atom is -0.496 e. The Morgan fingerprint density at radius 1 is 1.27 bits per heavy atom. The van der Waals surface area contributed by atoms with Crippen LogP contribution >= 0.6 is 11.8 Å². The van der Waals surface area contributed by atoms with E-state index in [1.165, 1.54) is 18.9 Å². The summed E-state index contributed by atoms with van der Waals surface area (Å²) in [7, 11) is 1.47. The van der Waals surface area contributed by atoms with E-state index in [1.54, 1.807) is 24.3 Å². The molecule has 0 saturated carbocycles. The van der Waals surface area contributed by atoms with Gasteiger partial charge in [-0.15, -0.1) is 11.8 Å². The number of ether oxygens (including phenoxy) is 2. The number of carbonyl (C=O) groups excluding carboxylic acids is 2. The molecule has 1 N–H and O–H groups in total. The Morgan fingerprint density at radius 2 is 2.00 bits per heavy atom. The van der Waals surface area contributed by atoms with Gasteiger partial charge in [-0.2, -0.15) is 0 Å². The third-order valence-corrected chi connectivity index (χ3v) is 4.23. The van der Waals surface area contributed by atoms with Gasteiger partial charge < -0.3 is 14.0 Å². The van der Waals surface area contributed by atoms with Crippen molar-refractivity contribution in [2.75, 3.05) is 25.3 Å². The molecule has 0 fully saturated rings. The molecule has 140 valence electrons. The normalized spacial score (nSPS) is 11.1. The molecule has 0 spiro atoms. The molecule has 2 aromatic rings. The molecule has 0 unspecified atom stereocenters. The molecule has 8 heteroatoms. The van der Waals surface area contributed by atoms with E-state index in [-0.39, 0.29) is 16.9 Å². The second-order valence-corrected chi connectivity index (χ2v) is 7.40. The van der Waals surface area contributed by atoms with Crippen LogP contribution in [0, 0.1) is 0 Å². The van der Waals surface area contributed by atoms with Crippen molar-refractivity contribution >= 4 is 29.5 Å². The van der Waals surface area contributed by atoms with Crippen LogP contribution in [-0.4, -0.2) is 37.0 Å². The topological polar surface area (TPSA) is 90.7 Å². The molecule has 0 aliphatic rings. The van der Waals surface area contributed by atoms with E-state index in [4.69, 9.17) is 14.0 Å². The van der Waals surface area contributed by atoms with Crippen molar-refractivity contribution < 1.29 is 23.6 Å². The largest absolute Gasteiger partial charge is 0.496 e. The summed E-state index contributed by atoms with van der Waals surface area (Å²) in [4.78, 5) is 25.1. The van der Waals surface area contributed by atoms with Crippen LogP contribution in [0.15, 0.2) is 33.7 Å². The fourth-order valence-electron chi connectivity index (χ4n) is 2.04. The summed E-state index contributed by atoms with van der Waals surface area (Å²) in [5, 5.41) is 6.41. The van der Waals surface area contributed by atoms with Crippen molar-refractivity contribution in [3.05, 3.63) is 35.5 Å². The van der Waals surface area contributed by atoms with Gasteiger partial charge >= 0.3 is 5.97 Å². The van der Waals surface area contributed by atoms with Crippen molar-refractivity contribution in [1.82, 2.24) is 5.16 Å². The molecule has 7 nitrogen and oxygen atoms in total. The maximum Gasteiger partial charge on any atom is 0.342 e. The first-order valence-corrected chi connectivity index (χ1v) is 9.13. The van der Waals surface area contributed by atoms with Crippen LogP contribution in [0.1, 0.15) is 36.8 Å². The van der Waals surface area contributed by atoms with Crippen LogP contribution in [0.4, 0.5) is 5.88 Å². The number of benzene rings is 1. The Labute approximate surface area is 156 Å². The fourth-order valence-corrected chi connectivity index (χ4v) is 2.47. The van der Waals surface area contributed by atoms with E-state index in [0.717, 1.165) is 4.90 Å². The predicted octanol–water partition coefficient (Wildman–Crippen LogP) is 3.50. The van der Waals surface area contributed by atoms with Gasteiger partial charge in [0, 0.05) is 16.4 Å². The molecular formula is C18H22N2O5S. The molecule has 26 heavy (non-hydrogen) atoms. The highest BCUT2D eigenvalue weighted by atomic mass is 32.2. The smallest absolute Gasteiger partial charge is 0.342 e. The fraction of sp³-hybridized carbons (Fsp3) is 0.389. The Bertz CT molecular complexity index is 795. The Morgan fingerprint density at radius 3 is 2.58 bits per heavy atom. The Hall–Kier alpha value is -2.48. The number of methoxy groups -OCH3 is 1. The van der Waals surface area contributed by atoms with Gasteiger partial charge in [0.25, 0.3) is 5.91 Å². The zero-order valence-corrected chi connectivity index (χ0v) is 16.2. The van der Waals surface area contributed by atoms with E-state index < -0.39 is 18.5 Å². The van der Waals surface area contributed by atoms with Crippen LogP contribution in [-0.2, 0) is 14.9 Å². The van der Waals surface area contributed by atoms with Crippen molar-refractivity contribution in [3.63, 3.8) is 0 Å². The summed E-state index contributed by atoms with van der Waals surface area (Å²) in [5.41, 5.74) is 0.773. The van der Waals surface area contributed by atoms with Gasteiger partial charge in [-0.25, -0.2) is 4.79 Å². The number of esters is 1. The maximum atomic E-state index is 12.2. The summed E-state index contributed by atoms with van der Waals surface area (Å²) >= 11 is 1.53. The first-order chi connectivity index (χ1) is 12.2. The minimum atomic E-state index is -0.641. The summed E-state index contributed by atoms with van der Waals surface area (Å²) in [6.45, 7) is 5.49. The Kier molecular flexibility index (Phi) is 6.31. The standard InChI is InChI=1S/C18H22N2O5S/c1-18(2,3)14-9-16(25-20-14)19-15(21)10-24-17(22)12-7-6-11(26-5)8-13(12)23-4/h6-9H,10H2,1-5H3,(H,19,21). The molecule has 1 heterocycles. The summed E-state index contributed by atoms with van der Waals surface area (Å²) in [6, 6.07) is 6.77. The SMILES string of the molecule is COc1cc(SC)ccc1C(=O)OCC(=O)Nc1cc(C(C)(C)C)no1. The van der Waals surface area contributed by atoms with Crippen LogP contribution in [0.5, 0.6) is 5.75 Å². The highest BCUT2D eigenvalue weighted by molar-refractivity contribution is 7.98. The molecule has 0 radical (unpaired) electrons. The second-order valence-electron chi connectivity index (χ2n) is 6.52. The maximum absolute atomic E-state index is 12.2. The molecule has 0 bridgehead atoms. The van der Waals surface area contributed by atoms with E-state index in [1.807, 2.05) is 27.0 Å². The molecule has 0 atom stereocenters. The van der Waals surface area contributed by atoms with Gasteiger partial charge in [-0.1, -0.05) is 25.9 Å². The molecule has 0 aliphatic carbocycles. The van der Waals surface area contributed by atoms with Crippen molar-refractivity contribution in [3.8, 4) is 5.75 Å². The van der Waals surface area contributed by atoms with Gasteiger partial charge in [-0.05, 0) is 24.5 Å². The summed E-state index contributed by atoms with van der Waals surface area (Å²) in [5.74, 6) is -0.558. The number of anilines is 1. The van der Waals surface area contributed by atoms with Gasteiger partial charge in [-0.3, -0.25) is 10.1 Å². The van der Waals surface area contributed by atoms with Crippen LogP contribution < -0.4 is 10.1 Å². The molecule has 2 rings (SSSR count). The van der Waals surface area contributed by atoms with Crippen LogP contribution in [0.25, 0.3) is 0 Å². The molecule has 1 amide bonds. The van der Waals surface area contributed by atoms with Crippen molar-refractivity contribution in [2.24, 2.45) is 0 Å². The first kappa shape index (κ1) is 19.8. The van der Waals surface area contributed by atoms with Crippen molar-refractivity contribution in [1.29, 1.82) is 0 Å². The van der Waals surface area contributed by atoms with E-state index in [0.29, 0.717) is 11.4 Å². The number of carbonyl (C=O) groups is 2. The highest BCUT2D eigenvalue weighted by Gasteiger charge is 2.20. The number of thioether (sulfide) groups is 1. The number of rotatable bonds is 6. The number of aromatic nitrogens is 1. The van der Waals surface area contributed by atoms with Gasteiger partial charge in [0.15, 0.2) is 6.61 Å². The quantitative estimate of drug-likeness (QED) is 0.608. The molecular weight excluding hydrogens is 356 g/mol. The lowest BCUT2D eigenvalue weighted by Gasteiger charge is -2.12. The average Bonchev–Trinajstić information content (AvgIpc) is 3.07. The second kappa shape index (κ2) is 8.27. The lowest BCUT2D eigenvalue weighted by atomic mass is 9.92. The van der Waals surface area contributed by atoms with E-state index in [9.17, 15) is 9.59 Å². The van der Waals surface area contributed by atoms with Gasteiger partial charge in [0.05, 0.1) is 12.8 Å². The van der Waals surface area contributed by atoms with Gasteiger partial charge in [0.1, 0.15) is 11.3 Å². The lowest BCUT2D eigenvalue weighted by Crippen LogP contribution is -2.21. The average molecular weight is 378 g/mol. The lowest BCUT2D eigenvalue weighted by molar-refractivity contribution is -0.119. The molecule has 1 aromatic carbocycles. The molecule has 0 aliphatic heterocycles. The van der Waals surface area contributed by atoms with Crippen LogP contribution in [0.3, 0.4) is 0 Å². The number of amides is 1. The van der Waals surface area contributed by atoms with E-state index in [2.05, 4.69) is 10.5 Å². The summed E-state index contributed by atoms with van der Waals surface area (Å²) < 4.78 is 15.3.